The van der Waals surface area contributed by atoms with Gasteiger partial charge in [0.1, 0.15) is 11.5 Å². The van der Waals surface area contributed by atoms with Crippen LogP contribution in [-0.2, 0) is 0 Å². The second-order valence-corrected chi connectivity index (χ2v) is 10.4. The molecule has 0 aliphatic heterocycles. The summed E-state index contributed by atoms with van der Waals surface area (Å²) in [6.45, 7) is 3.32. The minimum Gasteiger partial charge on any atom is -0.497 e. The number of benzene rings is 3. The number of methoxy groups -OCH3 is 2. The van der Waals surface area contributed by atoms with E-state index in [0.29, 0.717) is 22.3 Å². The maximum Gasteiger partial charge on any atom is 0.319 e. The number of nitrogens with one attached hydrogen (secondary N) is 3. The number of amides is 2. The van der Waals surface area contributed by atoms with Gasteiger partial charge >= 0.3 is 6.03 Å². The Balaban J connectivity index is 1.69. The standard InChI is InChI=1S/C30H38Cl2N4O3/c1-36(2)15-5-13-33-14-12-23(20-34-30(37)35-26-17-24(31)16-25(32)18-26)21-6-8-22(9-7-21)28-11-10-27(38-3)19-29(28)39-4/h6-11,16-19,23,33H,5,12-15,20H2,1-4H3,(H2,34,35,37). The Kier molecular flexibility index (Phi) is 12.2. The van der Waals surface area contributed by atoms with Gasteiger partial charge in [0.15, 0.2) is 0 Å². The Bertz CT molecular complexity index is 1190. The van der Waals surface area contributed by atoms with Crippen molar-refractivity contribution in [3.05, 3.63) is 76.3 Å². The van der Waals surface area contributed by atoms with E-state index in [2.05, 4.69) is 59.2 Å². The molecular formula is C30H38Cl2N4O3. The van der Waals surface area contributed by atoms with Crippen LogP contribution in [0.5, 0.6) is 11.5 Å². The summed E-state index contributed by atoms with van der Waals surface area (Å²) in [5, 5.41) is 10.3. The number of ether oxygens (including phenoxy) is 2. The average Bonchev–Trinajstić information content (AvgIpc) is 2.91. The van der Waals surface area contributed by atoms with Crippen molar-refractivity contribution in [2.75, 3.05) is 59.8 Å². The number of carbonyl (C=O) groups excluding carboxylic acids is 1. The lowest BCUT2D eigenvalue weighted by Crippen LogP contribution is -2.33. The fourth-order valence-corrected chi connectivity index (χ4v) is 4.82. The lowest BCUT2D eigenvalue weighted by atomic mass is 9.93. The molecule has 0 saturated carbocycles. The molecule has 0 bridgehead atoms. The number of halogens is 2. The van der Waals surface area contributed by atoms with E-state index in [1.165, 1.54) is 0 Å². The zero-order valence-electron chi connectivity index (χ0n) is 23.0. The van der Waals surface area contributed by atoms with Crippen LogP contribution in [0.15, 0.2) is 60.7 Å². The van der Waals surface area contributed by atoms with Crippen molar-refractivity contribution in [2.45, 2.75) is 18.8 Å². The molecule has 0 aliphatic carbocycles. The van der Waals surface area contributed by atoms with Gasteiger partial charge in [0, 0.05) is 39.8 Å². The summed E-state index contributed by atoms with van der Waals surface area (Å²) in [4.78, 5) is 14.8. The molecule has 0 heterocycles. The predicted molar refractivity (Wildman–Crippen MR) is 162 cm³/mol. The predicted octanol–water partition coefficient (Wildman–Crippen LogP) is 6.51. The molecule has 0 aliphatic rings. The van der Waals surface area contributed by atoms with Crippen molar-refractivity contribution in [3.8, 4) is 22.6 Å². The quantitative estimate of drug-likeness (QED) is 0.192. The van der Waals surface area contributed by atoms with Gasteiger partial charge < -0.3 is 30.3 Å². The minimum atomic E-state index is -0.308. The van der Waals surface area contributed by atoms with Gasteiger partial charge in [0.25, 0.3) is 0 Å². The first-order chi connectivity index (χ1) is 18.8. The zero-order valence-corrected chi connectivity index (χ0v) is 24.5. The molecule has 0 aromatic heterocycles. The number of hydrogen-bond acceptors (Lipinski definition) is 5. The van der Waals surface area contributed by atoms with Crippen molar-refractivity contribution in [1.82, 2.24) is 15.5 Å². The Morgan fingerprint density at radius 1 is 0.923 bits per heavy atom. The lowest BCUT2D eigenvalue weighted by molar-refractivity contribution is 0.251. The summed E-state index contributed by atoms with van der Waals surface area (Å²) in [5.41, 5.74) is 3.72. The highest BCUT2D eigenvalue weighted by atomic mass is 35.5. The Morgan fingerprint density at radius 3 is 2.28 bits per heavy atom. The maximum atomic E-state index is 12.7. The van der Waals surface area contributed by atoms with Crippen LogP contribution in [0.1, 0.15) is 24.3 Å². The van der Waals surface area contributed by atoms with Crippen molar-refractivity contribution < 1.29 is 14.3 Å². The van der Waals surface area contributed by atoms with Crippen LogP contribution in [0, 0.1) is 0 Å². The summed E-state index contributed by atoms with van der Waals surface area (Å²) < 4.78 is 10.9. The first-order valence-electron chi connectivity index (χ1n) is 13.0. The minimum absolute atomic E-state index is 0.117. The number of rotatable bonds is 14. The Labute approximate surface area is 241 Å². The number of anilines is 1. The molecule has 9 heteroatoms. The van der Waals surface area contributed by atoms with Gasteiger partial charge in [0.2, 0.25) is 0 Å². The second kappa shape index (κ2) is 15.6. The highest BCUT2D eigenvalue weighted by molar-refractivity contribution is 6.35. The van der Waals surface area contributed by atoms with Crippen LogP contribution in [0.25, 0.3) is 11.1 Å². The zero-order chi connectivity index (χ0) is 28.2. The summed E-state index contributed by atoms with van der Waals surface area (Å²) in [5.74, 6) is 1.61. The summed E-state index contributed by atoms with van der Waals surface area (Å²) in [7, 11) is 7.45. The highest BCUT2D eigenvalue weighted by Crippen LogP contribution is 2.34. The third-order valence-electron chi connectivity index (χ3n) is 6.36. The van der Waals surface area contributed by atoms with E-state index in [1.54, 1.807) is 32.4 Å². The fourth-order valence-electron chi connectivity index (χ4n) is 4.30. The smallest absolute Gasteiger partial charge is 0.319 e. The van der Waals surface area contributed by atoms with E-state index in [9.17, 15) is 4.79 Å². The Morgan fingerprint density at radius 2 is 1.64 bits per heavy atom. The molecule has 39 heavy (non-hydrogen) atoms. The van der Waals surface area contributed by atoms with Crippen molar-refractivity contribution in [2.24, 2.45) is 0 Å². The van der Waals surface area contributed by atoms with E-state index < -0.39 is 0 Å². The maximum absolute atomic E-state index is 12.7. The third kappa shape index (κ3) is 9.93. The lowest BCUT2D eigenvalue weighted by Gasteiger charge is -2.20. The monoisotopic (exact) mass is 572 g/mol. The number of carbonyl (C=O) groups is 1. The van der Waals surface area contributed by atoms with Gasteiger partial charge in [-0.25, -0.2) is 4.79 Å². The van der Waals surface area contributed by atoms with Gasteiger partial charge in [-0.1, -0.05) is 47.5 Å². The van der Waals surface area contributed by atoms with Gasteiger partial charge in [-0.3, -0.25) is 0 Å². The van der Waals surface area contributed by atoms with E-state index in [-0.39, 0.29) is 11.9 Å². The normalized spacial score (nSPS) is 11.8. The molecule has 3 rings (SSSR count). The molecule has 0 fully saturated rings. The van der Waals surface area contributed by atoms with Crippen molar-refractivity contribution in [1.29, 1.82) is 0 Å². The number of nitrogens with zero attached hydrogens (tertiary/aromatic N) is 1. The van der Waals surface area contributed by atoms with Crippen LogP contribution >= 0.6 is 23.2 Å². The first-order valence-corrected chi connectivity index (χ1v) is 13.7. The van der Waals surface area contributed by atoms with Gasteiger partial charge in [-0.15, -0.1) is 0 Å². The van der Waals surface area contributed by atoms with Gasteiger partial charge in [-0.2, -0.15) is 0 Å². The average molecular weight is 574 g/mol. The molecule has 0 saturated heterocycles. The third-order valence-corrected chi connectivity index (χ3v) is 6.80. The SMILES string of the molecule is COc1ccc(-c2ccc(C(CCNCCCN(C)C)CNC(=O)Nc3cc(Cl)cc(Cl)c3)cc2)c(OC)c1. The van der Waals surface area contributed by atoms with E-state index in [0.717, 1.165) is 60.7 Å². The molecular weight excluding hydrogens is 535 g/mol. The van der Waals surface area contributed by atoms with Gasteiger partial charge in [-0.05, 0) is 88.0 Å². The molecule has 2 amide bonds. The molecule has 3 aromatic carbocycles. The summed E-state index contributed by atoms with van der Waals surface area (Å²) in [6, 6.07) is 18.8. The van der Waals surface area contributed by atoms with E-state index >= 15 is 0 Å². The molecule has 3 N–H and O–H groups in total. The highest BCUT2D eigenvalue weighted by Gasteiger charge is 2.15. The van der Waals surface area contributed by atoms with Crippen LogP contribution in [0.4, 0.5) is 10.5 Å². The Hall–Kier alpha value is -2.97. The summed E-state index contributed by atoms with van der Waals surface area (Å²) in [6.07, 6.45) is 1.95. The van der Waals surface area contributed by atoms with Crippen LogP contribution < -0.4 is 25.4 Å². The van der Waals surface area contributed by atoms with E-state index in [4.69, 9.17) is 32.7 Å². The molecule has 1 atom stereocenters. The molecule has 0 spiro atoms. The topological polar surface area (TPSA) is 74.9 Å². The fraction of sp³-hybridized carbons (Fsp3) is 0.367. The van der Waals surface area contributed by atoms with Gasteiger partial charge in [0.05, 0.1) is 14.2 Å². The molecule has 0 radical (unpaired) electrons. The molecule has 3 aromatic rings. The largest absolute Gasteiger partial charge is 0.497 e. The number of hydrogen-bond donors (Lipinski definition) is 3. The van der Waals surface area contributed by atoms with Crippen LogP contribution in [-0.4, -0.2) is 65.4 Å². The molecule has 7 nitrogen and oxygen atoms in total. The van der Waals surface area contributed by atoms with Crippen LogP contribution in [0.3, 0.4) is 0 Å². The van der Waals surface area contributed by atoms with Crippen molar-refractivity contribution >= 4 is 34.9 Å². The summed E-state index contributed by atoms with van der Waals surface area (Å²) >= 11 is 12.1. The molecule has 1 unspecified atom stereocenters. The van der Waals surface area contributed by atoms with E-state index in [1.807, 2.05) is 18.2 Å². The number of urea groups is 1. The first kappa shape index (κ1) is 30.6. The molecule has 210 valence electrons. The van der Waals surface area contributed by atoms with Crippen molar-refractivity contribution in [3.63, 3.8) is 0 Å². The second-order valence-electron chi connectivity index (χ2n) is 9.57. The van der Waals surface area contributed by atoms with Crippen LogP contribution in [0.2, 0.25) is 10.0 Å².